The number of aldehydes is 1. The molecule has 1 aromatic heterocycles. The summed E-state index contributed by atoms with van der Waals surface area (Å²) in [6, 6.07) is 11.0. The number of benzene rings is 1. The lowest BCUT2D eigenvalue weighted by Crippen LogP contribution is -2.09. The highest BCUT2D eigenvalue weighted by Gasteiger charge is 2.03. The van der Waals surface area contributed by atoms with Gasteiger partial charge in [0, 0.05) is 18.7 Å². The second-order valence-corrected chi connectivity index (χ2v) is 4.79. The summed E-state index contributed by atoms with van der Waals surface area (Å²) in [6.07, 6.45) is 4.03. The van der Waals surface area contributed by atoms with Crippen LogP contribution in [0.15, 0.2) is 42.6 Å². The van der Waals surface area contributed by atoms with Crippen LogP contribution in [0.25, 0.3) is 0 Å². The average Bonchev–Trinajstić information content (AvgIpc) is 2.51. The van der Waals surface area contributed by atoms with Crippen LogP contribution in [0.2, 0.25) is 0 Å². The predicted octanol–water partition coefficient (Wildman–Crippen LogP) is 3.79. The number of nitrogens with zero attached hydrogens (tertiary/aromatic N) is 1. The first kappa shape index (κ1) is 15.0. The molecule has 2 aromatic rings. The maximum absolute atomic E-state index is 10.4. The Morgan fingerprint density at radius 1 is 1.14 bits per heavy atom. The monoisotopic (exact) mass is 285 g/mol. The molecule has 0 aliphatic heterocycles. The van der Waals surface area contributed by atoms with Gasteiger partial charge in [-0.3, -0.25) is 0 Å². The number of rotatable bonds is 7. The molecule has 0 amide bonds. The Balaban J connectivity index is 1.97. The Morgan fingerprint density at radius 3 is 2.43 bits per heavy atom. The van der Waals surface area contributed by atoms with Gasteiger partial charge >= 0.3 is 0 Å². The van der Waals surface area contributed by atoms with E-state index in [2.05, 4.69) is 11.9 Å². The van der Waals surface area contributed by atoms with Gasteiger partial charge < -0.3 is 14.3 Å². The molecule has 110 valence electrons. The van der Waals surface area contributed by atoms with Crippen molar-refractivity contribution in [1.29, 1.82) is 0 Å². The highest BCUT2D eigenvalue weighted by molar-refractivity contribution is 5.54. The Labute approximate surface area is 124 Å². The van der Waals surface area contributed by atoms with Crippen LogP contribution >= 0.6 is 0 Å². The number of carbonyl (C=O) groups excluding carboxylic acids is 1. The molecule has 4 heteroatoms. The van der Waals surface area contributed by atoms with Crippen molar-refractivity contribution >= 4 is 6.29 Å². The van der Waals surface area contributed by atoms with Crippen molar-refractivity contribution in [2.45, 2.75) is 32.8 Å². The molecule has 0 fully saturated rings. The second kappa shape index (κ2) is 7.43. The van der Waals surface area contributed by atoms with Gasteiger partial charge in [0.15, 0.2) is 0 Å². The van der Waals surface area contributed by atoms with Gasteiger partial charge in [-0.15, -0.1) is 0 Å². The standard InChI is InChI=1S/C17H19NO3/c1-3-13(2)20-15-5-7-16(8-6-15)21-17-9-4-14(10-11-19)12-18-17/h4-9,11-13H,3,10H2,1-2H3. The minimum atomic E-state index is 0.198. The molecule has 21 heavy (non-hydrogen) atoms. The van der Waals surface area contributed by atoms with E-state index < -0.39 is 0 Å². The molecule has 0 aliphatic carbocycles. The van der Waals surface area contributed by atoms with Crippen molar-refractivity contribution < 1.29 is 14.3 Å². The highest BCUT2D eigenvalue weighted by atomic mass is 16.5. The maximum atomic E-state index is 10.4. The highest BCUT2D eigenvalue weighted by Crippen LogP contribution is 2.23. The quantitative estimate of drug-likeness (QED) is 0.726. The molecule has 1 heterocycles. The molecule has 0 N–H and O–H groups in total. The summed E-state index contributed by atoms with van der Waals surface area (Å²) in [5.41, 5.74) is 0.870. The van der Waals surface area contributed by atoms with E-state index in [4.69, 9.17) is 9.47 Å². The minimum absolute atomic E-state index is 0.198. The van der Waals surface area contributed by atoms with E-state index in [0.29, 0.717) is 18.1 Å². The predicted molar refractivity (Wildman–Crippen MR) is 80.9 cm³/mol. The van der Waals surface area contributed by atoms with Gasteiger partial charge in [0.2, 0.25) is 5.88 Å². The average molecular weight is 285 g/mol. The van der Waals surface area contributed by atoms with Gasteiger partial charge in [-0.05, 0) is 43.2 Å². The van der Waals surface area contributed by atoms with Crippen molar-refractivity contribution in [1.82, 2.24) is 4.98 Å². The van der Waals surface area contributed by atoms with Crippen LogP contribution in [0, 0.1) is 0 Å². The molecule has 0 radical (unpaired) electrons. The summed E-state index contributed by atoms with van der Waals surface area (Å²) < 4.78 is 11.3. The molecular formula is C17H19NO3. The van der Waals surface area contributed by atoms with E-state index in [9.17, 15) is 4.79 Å². The van der Waals surface area contributed by atoms with Crippen molar-refractivity contribution in [3.05, 3.63) is 48.2 Å². The van der Waals surface area contributed by atoms with Gasteiger partial charge in [-0.25, -0.2) is 4.98 Å². The van der Waals surface area contributed by atoms with Crippen LogP contribution in [-0.4, -0.2) is 17.4 Å². The van der Waals surface area contributed by atoms with Crippen LogP contribution in [-0.2, 0) is 11.2 Å². The van der Waals surface area contributed by atoms with Crippen molar-refractivity contribution in [3.8, 4) is 17.4 Å². The smallest absolute Gasteiger partial charge is 0.219 e. The van der Waals surface area contributed by atoms with Crippen LogP contribution in [0.3, 0.4) is 0 Å². The lowest BCUT2D eigenvalue weighted by atomic mass is 10.2. The third-order valence-electron chi connectivity index (χ3n) is 3.07. The topological polar surface area (TPSA) is 48.4 Å². The first-order valence-corrected chi connectivity index (χ1v) is 7.04. The van der Waals surface area contributed by atoms with E-state index in [0.717, 1.165) is 24.0 Å². The van der Waals surface area contributed by atoms with E-state index in [1.807, 2.05) is 37.3 Å². The van der Waals surface area contributed by atoms with Gasteiger partial charge in [0.05, 0.1) is 6.10 Å². The second-order valence-electron chi connectivity index (χ2n) is 4.79. The first-order valence-electron chi connectivity index (χ1n) is 7.04. The third kappa shape index (κ3) is 4.60. The Kier molecular flexibility index (Phi) is 5.32. The number of ether oxygens (including phenoxy) is 2. The van der Waals surface area contributed by atoms with Gasteiger partial charge in [-0.1, -0.05) is 13.0 Å². The number of pyridine rings is 1. The van der Waals surface area contributed by atoms with E-state index >= 15 is 0 Å². The molecule has 0 spiro atoms. The lowest BCUT2D eigenvalue weighted by Gasteiger charge is -2.12. The van der Waals surface area contributed by atoms with Gasteiger partial charge in [-0.2, -0.15) is 0 Å². The normalized spacial score (nSPS) is 11.7. The largest absolute Gasteiger partial charge is 0.491 e. The van der Waals surface area contributed by atoms with Crippen molar-refractivity contribution in [2.75, 3.05) is 0 Å². The molecule has 1 unspecified atom stereocenters. The first-order chi connectivity index (χ1) is 10.2. The molecule has 2 rings (SSSR count). The molecular weight excluding hydrogens is 266 g/mol. The Bertz CT molecular complexity index is 564. The fourth-order valence-electron chi connectivity index (χ4n) is 1.71. The van der Waals surface area contributed by atoms with E-state index in [1.54, 1.807) is 12.3 Å². The summed E-state index contributed by atoms with van der Waals surface area (Å²) in [4.78, 5) is 14.6. The Morgan fingerprint density at radius 2 is 1.86 bits per heavy atom. The molecule has 1 atom stereocenters. The summed E-state index contributed by atoms with van der Waals surface area (Å²) in [7, 11) is 0. The molecule has 0 saturated heterocycles. The number of hydrogen-bond acceptors (Lipinski definition) is 4. The lowest BCUT2D eigenvalue weighted by molar-refractivity contribution is -0.107. The third-order valence-corrected chi connectivity index (χ3v) is 3.07. The molecule has 0 saturated carbocycles. The summed E-state index contributed by atoms with van der Waals surface area (Å²) in [6.45, 7) is 4.12. The zero-order valence-electron chi connectivity index (χ0n) is 12.3. The van der Waals surface area contributed by atoms with Crippen molar-refractivity contribution in [3.63, 3.8) is 0 Å². The molecule has 0 aliphatic rings. The minimum Gasteiger partial charge on any atom is -0.491 e. The fourth-order valence-corrected chi connectivity index (χ4v) is 1.71. The van der Waals surface area contributed by atoms with E-state index in [-0.39, 0.29) is 6.10 Å². The number of carbonyl (C=O) groups is 1. The SMILES string of the molecule is CCC(C)Oc1ccc(Oc2ccc(CC=O)cn2)cc1. The molecule has 1 aromatic carbocycles. The summed E-state index contributed by atoms with van der Waals surface area (Å²) in [5.74, 6) is 2.02. The van der Waals surface area contributed by atoms with Crippen LogP contribution in [0.5, 0.6) is 17.4 Å². The maximum Gasteiger partial charge on any atom is 0.219 e. The zero-order chi connectivity index (χ0) is 15.1. The van der Waals surface area contributed by atoms with Crippen LogP contribution < -0.4 is 9.47 Å². The van der Waals surface area contributed by atoms with Crippen molar-refractivity contribution in [2.24, 2.45) is 0 Å². The number of aromatic nitrogens is 1. The fraction of sp³-hybridized carbons (Fsp3) is 0.294. The van der Waals surface area contributed by atoms with Crippen LogP contribution in [0.1, 0.15) is 25.8 Å². The Hall–Kier alpha value is -2.36. The summed E-state index contributed by atoms with van der Waals surface area (Å²) >= 11 is 0. The number of hydrogen-bond donors (Lipinski definition) is 0. The molecule has 0 bridgehead atoms. The van der Waals surface area contributed by atoms with Gasteiger partial charge in [0.1, 0.15) is 17.8 Å². The zero-order valence-corrected chi connectivity index (χ0v) is 12.3. The van der Waals surface area contributed by atoms with Crippen LogP contribution in [0.4, 0.5) is 0 Å². The summed E-state index contributed by atoms with van der Waals surface area (Å²) in [5, 5.41) is 0. The molecule has 4 nitrogen and oxygen atoms in total. The van der Waals surface area contributed by atoms with E-state index in [1.165, 1.54) is 0 Å². The van der Waals surface area contributed by atoms with Gasteiger partial charge in [0.25, 0.3) is 0 Å².